The van der Waals surface area contributed by atoms with Crippen molar-refractivity contribution in [3.63, 3.8) is 0 Å². The van der Waals surface area contributed by atoms with Crippen molar-refractivity contribution in [2.24, 2.45) is 10.2 Å². The molecule has 10 rings (SSSR count). The van der Waals surface area contributed by atoms with E-state index in [1.807, 2.05) is 121 Å². The Balaban J connectivity index is 0.000000191. The van der Waals surface area contributed by atoms with Gasteiger partial charge in [0.05, 0.1) is 9.85 Å². The van der Waals surface area contributed by atoms with Gasteiger partial charge in [-0.25, -0.2) is 0 Å². The number of phenolic OH excluding ortho intramolecular Hbond substituents is 3. The van der Waals surface area contributed by atoms with Gasteiger partial charge in [0, 0.05) is 63.4 Å². The number of nitro benzene ring substituents is 2. The van der Waals surface area contributed by atoms with E-state index in [4.69, 9.17) is 40.5 Å². The zero-order valence-electron chi connectivity index (χ0n) is 48.4. The Bertz CT molecular complexity index is 4020. The number of aromatic hydroxyl groups is 3. The fraction of sp³-hybridized carbons (Fsp3) is 0.182. The molecule has 0 aliphatic heterocycles. The molecule has 10 aromatic rings. The van der Waals surface area contributed by atoms with E-state index in [2.05, 4.69) is 88.8 Å². The topological polar surface area (TPSA) is 228 Å². The van der Waals surface area contributed by atoms with E-state index in [-0.39, 0.29) is 80.7 Å². The van der Waals surface area contributed by atoms with Crippen molar-refractivity contribution in [1.82, 2.24) is 15.0 Å². The number of benzene rings is 9. The molecule has 0 aliphatic rings. The minimum Gasteiger partial charge on any atom is -0.507 e. The number of hydrogen-bond acceptors (Lipinski definition) is 12. The molecule has 0 aliphatic carbocycles. The normalized spacial score (nSPS) is 11.3. The van der Waals surface area contributed by atoms with Crippen LogP contribution in [-0.4, -0.2) is 40.2 Å². The van der Waals surface area contributed by atoms with Gasteiger partial charge in [-0.1, -0.05) is 194 Å². The van der Waals surface area contributed by atoms with Crippen LogP contribution in [0.15, 0.2) is 198 Å². The number of rotatable bonds is 8. The molecular formula is C66H63Cl3N8O7Zn. The summed E-state index contributed by atoms with van der Waals surface area (Å²) < 4.78 is 0. The van der Waals surface area contributed by atoms with Gasteiger partial charge in [-0.05, 0) is 128 Å². The first-order valence-electron chi connectivity index (χ1n) is 26.4. The Morgan fingerprint density at radius 3 is 1.39 bits per heavy atom. The molecule has 0 saturated carbocycles. The summed E-state index contributed by atoms with van der Waals surface area (Å²) in [5, 5.41) is 71.7. The van der Waals surface area contributed by atoms with Crippen LogP contribution in [0.1, 0.15) is 79.0 Å². The van der Waals surface area contributed by atoms with E-state index in [1.54, 1.807) is 24.3 Å². The Hall–Kier alpha value is -8.53. The van der Waals surface area contributed by atoms with Crippen LogP contribution < -0.4 is 5.73 Å². The molecule has 85 heavy (non-hydrogen) atoms. The fourth-order valence-corrected chi connectivity index (χ4v) is 8.86. The number of aromatic nitrogens is 3. The third-order valence-electron chi connectivity index (χ3n) is 13.2. The van der Waals surface area contributed by atoms with Crippen LogP contribution in [0.3, 0.4) is 0 Å². The standard InChI is InChI=1S/C22H20ClN3O3.C22H20ClN3O.C16H18O.C6H5ClN2O2.Zn/c1-22(2,3)15-11-17(14-7-5-4-6-8-14)21(27)19(12-15)25-24-18-10-9-16(23)13-20(18)26(28)29;1-22(2,3)15-11-17(14-7-5-4-6-8-14)21(27)20(12-15)26-24-18-10-9-16(23)13-19(18)25-26;1-16(2,3)13-9-10-15(17)14(11-13)12-7-5-4-6-8-12;7-4-1-2-5(8)6(3-4)9(10)11;/h4-13,27H,1-3H3;4-13,27H,1-3H3;4-11,17H,1-3H3;1-3H,8H2;. The Labute approximate surface area is 521 Å². The maximum atomic E-state index is 11.3. The van der Waals surface area contributed by atoms with Gasteiger partial charge >= 0.3 is 0 Å². The molecule has 0 fully saturated rings. The van der Waals surface area contributed by atoms with E-state index in [1.165, 1.54) is 46.8 Å². The van der Waals surface area contributed by atoms with Crippen LogP contribution in [0.2, 0.25) is 15.1 Å². The van der Waals surface area contributed by atoms with E-state index in [9.17, 15) is 35.5 Å². The quantitative estimate of drug-likeness (QED) is 0.0370. The van der Waals surface area contributed by atoms with Crippen LogP contribution in [0.5, 0.6) is 17.2 Å². The molecule has 1 heterocycles. The predicted octanol–water partition coefficient (Wildman–Crippen LogP) is 19.3. The van der Waals surface area contributed by atoms with Gasteiger partial charge < -0.3 is 21.1 Å². The minimum absolute atomic E-state index is 0. The second kappa shape index (κ2) is 27.9. The van der Waals surface area contributed by atoms with E-state index in [0.29, 0.717) is 32.6 Å². The number of nitrogens with zero attached hydrogens (tertiary/aromatic N) is 7. The van der Waals surface area contributed by atoms with Gasteiger partial charge in [-0.15, -0.1) is 25.2 Å². The van der Waals surface area contributed by atoms with Gasteiger partial charge in [-0.3, -0.25) is 20.2 Å². The van der Waals surface area contributed by atoms with Crippen molar-refractivity contribution in [1.29, 1.82) is 0 Å². The zero-order valence-corrected chi connectivity index (χ0v) is 53.7. The molecule has 0 saturated heterocycles. The molecule has 0 radical (unpaired) electrons. The molecule has 0 unspecified atom stereocenters. The number of fused-ring (bicyclic) bond motifs is 1. The number of azo groups is 1. The molecule has 0 spiro atoms. The van der Waals surface area contributed by atoms with Crippen molar-refractivity contribution in [3.8, 4) is 56.3 Å². The number of phenols is 3. The summed E-state index contributed by atoms with van der Waals surface area (Å²) in [6, 6.07) is 56.4. The van der Waals surface area contributed by atoms with Crippen LogP contribution in [0, 0.1) is 20.2 Å². The van der Waals surface area contributed by atoms with Crippen LogP contribution in [0.25, 0.3) is 50.1 Å². The largest absolute Gasteiger partial charge is 0.507 e. The SMILES string of the molecule is CC(C)(C)c1cc(-c2ccccc2)c(O)c(-n2nc3ccc(Cl)cc3n2)c1.CC(C)(C)c1cc(N=Nc2ccc(Cl)cc2[N+](=O)[O-])c(O)c(-c2ccccc2)c1.CC(C)(C)c1ccc(O)c(-c2ccccc2)c1.Nc1ccc(Cl)cc1[N+](=O)[O-].[Zn]. The second-order valence-electron chi connectivity index (χ2n) is 22.5. The number of nitro groups is 2. The molecule has 432 valence electrons. The molecule has 5 N–H and O–H groups in total. The monoisotopic (exact) mass is 1250 g/mol. The summed E-state index contributed by atoms with van der Waals surface area (Å²) in [6.07, 6.45) is 0. The molecule has 9 aromatic carbocycles. The Morgan fingerprint density at radius 1 is 0.459 bits per heavy atom. The summed E-state index contributed by atoms with van der Waals surface area (Å²) >= 11 is 17.4. The number of nitrogen functional groups attached to an aromatic ring is 1. The average Bonchev–Trinajstić information content (AvgIpc) is 2.59. The predicted molar refractivity (Wildman–Crippen MR) is 339 cm³/mol. The Kier molecular flexibility index (Phi) is 21.5. The zero-order chi connectivity index (χ0) is 61.3. The van der Waals surface area contributed by atoms with Crippen LogP contribution >= 0.6 is 34.8 Å². The van der Waals surface area contributed by atoms with Crippen molar-refractivity contribution in [2.45, 2.75) is 78.6 Å². The maximum Gasteiger partial charge on any atom is 0.298 e. The van der Waals surface area contributed by atoms with Crippen LogP contribution in [-0.2, 0) is 35.7 Å². The van der Waals surface area contributed by atoms with E-state index in [0.717, 1.165) is 44.5 Å². The van der Waals surface area contributed by atoms with Gasteiger partial charge in [0.2, 0.25) is 0 Å². The van der Waals surface area contributed by atoms with Gasteiger partial charge in [0.1, 0.15) is 33.8 Å². The van der Waals surface area contributed by atoms with Crippen molar-refractivity contribution < 1.29 is 44.6 Å². The summed E-state index contributed by atoms with van der Waals surface area (Å²) in [4.78, 5) is 21.9. The van der Waals surface area contributed by atoms with Gasteiger partial charge in [0.15, 0.2) is 17.2 Å². The summed E-state index contributed by atoms with van der Waals surface area (Å²) in [5.74, 6) is 0.453. The van der Waals surface area contributed by atoms with E-state index >= 15 is 0 Å². The molecule has 19 heteroatoms. The molecule has 1 aromatic heterocycles. The number of nitrogens with two attached hydrogens (primary N) is 1. The van der Waals surface area contributed by atoms with Crippen LogP contribution in [0.4, 0.5) is 28.4 Å². The molecular weight excluding hydrogens is 1190 g/mol. The van der Waals surface area contributed by atoms with Crippen molar-refractivity contribution >= 4 is 74.3 Å². The first-order valence-corrected chi connectivity index (χ1v) is 27.5. The fourth-order valence-electron chi connectivity index (χ4n) is 8.37. The third-order valence-corrected chi connectivity index (χ3v) is 13.9. The summed E-state index contributed by atoms with van der Waals surface area (Å²) in [5.41, 5.74) is 15.5. The minimum atomic E-state index is -0.568. The number of anilines is 1. The summed E-state index contributed by atoms with van der Waals surface area (Å²) in [7, 11) is 0. The molecule has 0 atom stereocenters. The summed E-state index contributed by atoms with van der Waals surface area (Å²) in [6.45, 7) is 19.1. The molecule has 0 amide bonds. The van der Waals surface area contributed by atoms with E-state index < -0.39 is 9.85 Å². The molecule has 0 bridgehead atoms. The Morgan fingerprint density at radius 2 is 0.882 bits per heavy atom. The maximum absolute atomic E-state index is 11.3. The first kappa shape index (κ1) is 65.6. The third kappa shape index (κ3) is 17.1. The average molecular weight is 1250 g/mol. The molecule has 15 nitrogen and oxygen atoms in total. The number of halogens is 3. The van der Waals surface area contributed by atoms with Crippen molar-refractivity contribution in [3.05, 3.63) is 240 Å². The second-order valence-corrected chi connectivity index (χ2v) is 23.8. The first-order chi connectivity index (χ1) is 39.6. The number of hydrogen-bond donors (Lipinski definition) is 4. The van der Waals surface area contributed by atoms with Gasteiger partial charge in [0.25, 0.3) is 11.4 Å². The van der Waals surface area contributed by atoms with Gasteiger partial charge in [-0.2, -0.15) is 0 Å². The smallest absolute Gasteiger partial charge is 0.298 e. The van der Waals surface area contributed by atoms with Crippen molar-refractivity contribution in [2.75, 3.05) is 5.73 Å².